The summed E-state index contributed by atoms with van der Waals surface area (Å²) < 4.78 is 23.5. The summed E-state index contributed by atoms with van der Waals surface area (Å²) in [5.74, 6) is 0.196. The maximum atomic E-state index is 12.1. The Balaban J connectivity index is 2.38. The number of carbonyl (C=O) groups excluding carboxylic acids is 2. The van der Waals surface area contributed by atoms with Crippen LogP contribution in [0.3, 0.4) is 0 Å². The molecule has 0 saturated heterocycles. The fraction of sp³-hybridized carbons (Fsp3) is 0.619. The molecule has 0 aliphatic heterocycles. The van der Waals surface area contributed by atoms with Crippen LogP contribution in [0.5, 0.6) is 0 Å². The lowest BCUT2D eigenvalue weighted by Gasteiger charge is -2.20. The molecule has 0 spiro atoms. The molecule has 27 heavy (non-hydrogen) atoms. The third kappa shape index (κ3) is 9.18. The van der Waals surface area contributed by atoms with Crippen LogP contribution in [-0.2, 0) is 21.1 Å². The summed E-state index contributed by atoms with van der Waals surface area (Å²) in [4.78, 5) is 24.2. The average Bonchev–Trinajstić information content (AvgIpc) is 2.53. The molecule has 0 saturated carbocycles. The standard InChI is InChI=1S/C21H33NO4S/c1-16(2)27(25,26)14-8-6-7-9-19(23)15-17-10-12-18(13-11-17)20(24)22-21(3,4)5/h10-13,16H,6-9,14-15H2,1-5H3,(H,22,24). The lowest BCUT2D eigenvalue weighted by molar-refractivity contribution is -0.118. The maximum Gasteiger partial charge on any atom is 0.251 e. The highest BCUT2D eigenvalue weighted by Gasteiger charge is 2.16. The van der Waals surface area contributed by atoms with E-state index in [0.717, 1.165) is 12.0 Å². The van der Waals surface area contributed by atoms with Crippen molar-refractivity contribution in [3.05, 3.63) is 35.4 Å². The first kappa shape index (κ1) is 23.3. The summed E-state index contributed by atoms with van der Waals surface area (Å²) >= 11 is 0. The quantitative estimate of drug-likeness (QED) is 0.613. The van der Waals surface area contributed by atoms with Gasteiger partial charge in [0.2, 0.25) is 0 Å². The Hall–Kier alpha value is -1.69. The molecule has 0 unspecified atom stereocenters. The van der Waals surface area contributed by atoms with Gasteiger partial charge in [-0.05, 0) is 65.2 Å². The topological polar surface area (TPSA) is 80.3 Å². The van der Waals surface area contributed by atoms with Crippen molar-refractivity contribution >= 4 is 21.5 Å². The average molecular weight is 396 g/mol. The molecular formula is C21H33NO4S. The molecule has 152 valence electrons. The monoisotopic (exact) mass is 395 g/mol. The molecule has 6 heteroatoms. The van der Waals surface area contributed by atoms with E-state index in [9.17, 15) is 18.0 Å². The van der Waals surface area contributed by atoms with E-state index in [-0.39, 0.29) is 28.2 Å². The number of hydrogen-bond acceptors (Lipinski definition) is 4. The summed E-state index contributed by atoms with van der Waals surface area (Å²) in [6.45, 7) is 9.16. The number of carbonyl (C=O) groups is 2. The second-order valence-corrected chi connectivity index (χ2v) is 11.0. The van der Waals surface area contributed by atoms with Crippen molar-refractivity contribution in [3.63, 3.8) is 0 Å². The molecule has 0 fully saturated rings. The van der Waals surface area contributed by atoms with Crippen LogP contribution in [0.15, 0.2) is 24.3 Å². The lowest BCUT2D eigenvalue weighted by Crippen LogP contribution is -2.40. The predicted molar refractivity (Wildman–Crippen MR) is 110 cm³/mol. The van der Waals surface area contributed by atoms with Crippen LogP contribution in [-0.4, -0.2) is 36.6 Å². The minimum atomic E-state index is -2.99. The molecule has 1 aromatic carbocycles. The van der Waals surface area contributed by atoms with E-state index in [4.69, 9.17) is 0 Å². The molecule has 1 aromatic rings. The van der Waals surface area contributed by atoms with Gasteiger partial charge in [-0.3, -0.25) is 9.59 Å². The van der Waals surface area contributed by atoms with E-state index >= 15 is 0 Å². The first-order valence-electron chi connectivity index (χ1n) is 9.55. The highest BCUT2D eigenvalue weighted by Crippen LogP contribution is 2.11. The van der Waals surface area contributed by atoms with E-state index in [1.165, 1.54) is 0 Å². The molecule has 0 heterocycles. The summed E-state index contributed by atoms with van der Waals surface area (Å²) in [6, 6.07) is 7.09. The Morgan fingerprint density at radius 3 is 2.11 bits per heavy atom. The number of rotatable bonds is 10. The normalized spacial score (nSPS) is 12.2. The van der Waals surface area contributed by atoms with Crippen molar-refractivity contribution < 1.29 is 18.0 Å². The zero-order chi connectivity index (χ0) is 20.7. The molecule has 5 nitrogen and oxygen atoms in total. The second-order valence-electron chi connectivity index (χ2n) is 8.34. The third-order valence-corrected chi connectivity index (χ3v) is 6.50. The Morgan fingerprint density at radius 1 is 1.00 bits per heavy atom. The molecule has 1 N–H and O–H groups in total. The SMILES string of the molecule is CC(C)S(=O)(=O)CCCCCC(=O)Cc1ccc(C(=O)NC(C)(C)C)cc1. The zero-order valence-corrected chi connectivity index (χ0v) is 18.0. The van der Waals surface area contributed by atoms with Crippen molar-refractivity contribution in [2.24, 2.45) is 0 Å². The number of hydrogen-bond donors (Lipinski definition) is 1. The Bertz CT molecular complexity index is 728. The van der Waals surface area contributed by atoms with Gasteiger partial charge in [-0.15, -0.1) is 0 Å². The van der Waals surface area contributed by atoms with Gasteiger partial charge < -0.3 is 5.32 Å². The first-order chi connectivity index (χ1) is 12.4. The van der Waals surface area contributed by atoms with E-state index < -0.39 is 9.84 Å². The molecule has 0 atom stereocenters. The molecule has 1 amide bonds. The van der Waals surface area contributed by atoms with Gasteiger partial charge in [-0.1, -0.05) is 18.6 Å². The molecule has 0 bridgehead atoms. The van der Waals surface area contributed by atoms with Crippen molar-refractivity contribution in [1.29, 1.82) is 0 Å². The van der Waals surface area contributed by atoms with Crippen LogP contribution in [0.4, 0.5) is 0 Å². The summed E-state index contributed by atoms with van der Waals surface area (Å²) in [5, 5.41) is 2.56. The fourth-order valence-electron chi connectivity index (χ4n) is 2.54. The molecule has 0 aliphatic carbocycles. The van der Waals surface area contributed by atoms with Crippen LogP contribution in [0, 0.1) is 0 Å². The van der Waals surface area contributed by atoms with Crippen LogP contribution in [0.25, 0.3) is 0 Å². The lowest BCUT2D eigenvalue weighted by atomic mass is 10.0. The number of Topliss-reactive ketones (excluding diaryl/α,β-unsaturated/α-hetero) is 1. The van der Waals surface area contributed by atoms with E-state index in [2.05, 4.69) is 5.32 Å². The van der Waals surface area contributed by atoms with E-state index in [0.29, 0.717) is 31.2 Å². The molecule has 1 rings (SSSR count). The van der Waals surface area contributed by atoms with Gasteiger partial charge in [-0.2, -0.15) is 0 Å². The molecular weight excluding hydrogens is 362 g/mol. The third-order valence-electron chi connectivity index (χ3n) is 4.21. The summed E-state index contributed by atoms with van der Waals surface area (Å²) in [6.07, 6.45) is 2.84. The maximum absolute atomic E-state index is 12.1. The largest absolute Gasteiger partial charge is 0.347 e. The fourth-order valence-corrected chi connectivity index (χ4v) is 3.62. The molecule has 0 radical (unpaired) electrons. The number of benzene rings is 1. The smallest absolute Gasteiger partial charge is 0.251 e. The number of ketones is 1. The Labute approximate surface area is 163 Å². The highest BCUT2D eigenvalue weighted by molar-refractivity contribution is 7.91. The highest BCUT2D eigenvalue weighted by atomic mass is 32.2. The number of nitrogens with one attached hydrogen (secondary N) is 1. The van der Waals surface area contributed by atoms with Crippen molar-refractivity contribution in [2.45, 2.75) is 77.5 Å². The van der Waals surface area contributed by atoms with Crippen molar-refractivity contribution in [2.75, 3.05) is 5.75 Å². The minimum Gasteiger partial charge on any atom is -0.347 e. The molecule has 0 aromatic heterocycles. The first-order valence-corrected chi connectivity index (χ1v) is 11.3. The Kier molecular flexibility index (Phi) is 8.66. The number of amides is 1. The number of sulfone groups is 1. The van der Waals surface area contributed by atoms with Gasteiger partial charge in [-0.25, -0.2) is 8.42 Å². The van der Waals surface area contributed by atoms with Gasteiger partial charge in [0.1, 0.15) is 5.78 Å². The summed E-state index contributed by atoms with van der Waals surface area (Å²) in [7, 11) is -2.99. The van der Waals surface area contributed by atoms with Gasteiger partial charge in [0, 0.05) is 23.9 Å². The van der Waals surface area contributed by atoms with Gasteiger partial charge >= 0.3 is 0 Å². The van der Waals surface area contributed by atoms with Crippen LogP contribution in [0.1, 0.15) is 76.2 Å². The second kappa shape index (κ2) is 10.0. The van der Waals surface area contributed by atoms with Crippen LogP contribution in [0.2, 0.25) is 0 Å². The number of unbranched alkanes of at least 4 members (excludes halogenated alkanes) is 2. The van der Waals surface area contributed by atoms with E-state index in [1.807, 2.05) is 32.9 Å². The van der Waals surface area contributed by atoms with Gasteiger partial charge in [0.25, 0.3) is 5.91 Å². The van der Waals surface area contributed by atoms with Crippen molar-refractivity contribution in [3.8, 4) is 0 Å². The van der Waals surface area contributed by atoms with Gasteiger partial charge in [0.15, 0.2) is 9.84 Å². The minimum absolute atomic E-state index is 0.128. The predicted octanol–water partition coefficient (Wildman–Crippen LogP) is 3.71. The zero-order valence-electron chi connectivity index (χ0n) is 17.2. The Morgan fingerprint density at radius 2 is 1.59 bits per heavy atom. The van der Waals surface area contributed by atoms with Crippen molar-refractivity contribution in [1.82, 2.24) is 5.32 Å². The molecule has 0 aliphatic rings. The van der Waals surface area contributed by atoms with Gasteiger partial charge in [0.05, 0.1) is 11.0 Å². The van der Waals surface area contributed by atoms with E-state index in [1.54, 1.807) is 26.0 Å². The summed E-state index contributed by atoms with van der Waals surface area (Å²) in [5.41, 5.74) is 1.17. The van der Waals surface area contributed by atoms with Crippen LogP contribution < -0.4 is 5.32 Å². The van der Waals surface area contributed by atoms with Crippen LogP contribution >= 0.6 is 0 Å².